The number of carbonyl (C=O) groups excluding carboxylic acids is 1. The lowest BCUT2D eigenvalue weighted by atomic mass is 9.89. The predicted molar refractivity (Wildman–Crippen MR) is 70.3 cm³/mol. The molecule has 1 amide bonds. The van der Waals surface area contributed by atoms with Gasteiger partial charge in [0.25, 0.3) is 5.91 Å². The molecule has 1 aromatic heterocycles. The van der Waals surface area contributed by atoms with Crippen molar-refractivity contribution >= 4 is 17.5 Å². The van der Waals surface area contributed by atoms with Crippen LogP contribution in [0.15, 0.2) is 18.3 Å². The second kappa shape index (κ2) is 6.01. The molecule has 0 radical (unpaired) electrons. The molecule has 0 fully saturated rings. The molecule has 1 aromatic rings. The maximum absolute atomic E-state index is 12.1. The van der Waals surface area contributed by atoms with E-state index >= 15 is 0 Å². The van der Waals surface area contributed by atoms with Crippen LogP contribution >= 0.6 is 11.6 Å². The highest BCUT2D eigenvalue weighted by molar-refractivity contribution is 6.30. The van der Waals surface area contributed by atoms with E-state index in [4.69, 9.17) is 11.6 Å². The highest BCUT2D eigenvalue weighted by Crippen LogP contribution is 2.20. The summed E-state index contributed by atoms with van der Waals surface area (Å²) in [6.07, 6.45) is 4.27. The third-order valence-corrected chi connectivity index (χ3v) is 3.60. The second-order valence-electron chi connectivity index (χ2n) is 4.15. The predicted octanol–water partition coefficient (Wildman–Crippen LogP) is 3.43. The van der Waals surface area contributed by atoms with Crippen LogP contribution < -0.4 is 5.32 Å². The zero-order valence-electron chi connectivity index (χ0n) is 10.6. The van der Waals surface area contributed by atoms with Gasteiger partial charge in [0.05, 0.1) is 0 Å². The van der Waals surface area contributed by atoms with E-state index in [1.54, 1.807) is 18.3 Å². The van der Waals surface area contributed by atoms with Crippen LogP contribution in [-0.2, 0) is 0 Å². The van der Waals surface area contributed by atoms with E-state index in [9.17, 15) is 4.79 Å². The zero-order valence-corrected chi connectivity index (χ0v) is 11.3. The number of hydrogen-bond donors (Lipinski definition) is 1. The Morgan fingerprint density at radius 3 is 2.41 bits per heavy atom. The molecule has 94 valence electrons. The molecule has 0 bridgehead atoms. The molecule has 0 aliphatic rings. The molecule has 1 heterocycles. The molecular formula is C13H19ClN2O. The van der Waals surface area contributed by atoms with Crippen LogP contribution in [0.2, 0.25) is 5.02 Å². The molecule has 17 heavy (non-hydrogen) atoms. The van der Waals surface area contributed by atoms with Gasteiger partial charge in [0.1, 0.15) is 5.69 Å². The van der Waals surface area contributed by atoms with Crippen LogP contribution in [0.1, 0.15) is 50.5 Å². The zero-order chi connectivity index (χ0) is 12.9. The number of aromatic nitrogens is 1. The number of amides is 1. The summed E-state index contributed by atoms with van der Waals surface area (Å²) in [6, 6.07) is 3.24. The van der Waals surface area contributed by atoms with Gasteiger partial charge in [-0.2, -0.15) is 0 Å². The largest absolute Gasteiger partial charge is 0.345 e. The van der Waals surface area contributed by atoms with Crippen LogP contribution in [0.5, 0.6) is 0 Å². The summed E-state index contributed by atoms with van der Waals surface area (Å²) in [5, 5.41) is 3.59. The molecule has 0 saturated heterocycles. The summed E-state index contributed by atoms with van der Waals surface area (Å²) in [4.78, 5) is 16.1. The summed E-state index contributed by atoms with van der Waals surface area (Å²) in [5.41, 5.74) is 0.235. The minimum atomic E-state index is -0.155. The first-order valence-corrected chi connectivity index (χ1v) is 6.38. The number of pyridine rings is 1. The highest BCUT2D eigenvalue weighted by atomic mass is 35.5. The van der Waals surface area contributed by atoms with Gasteiger partial charge in [0.2, 0.25) is 0 Å². The maximum Gasteiger partial charge on any atom is 0.270 e. The molecule has 0 atom stereocenters. The van der Waals surface area contributed by atoms with Gasteiger partial charge in [-0.1, -0.05) is 32.4 Å². The number of hydrogen-bond acceptors (Lipinski definition) is 2. The summed E-state index contributed by atoms with van der Waals surface area (Å²) in [5.74, 6) is -0.155. The van der Waals surface area contributed by atoms with Crippen LogP contribution in [0.3, 0.4) is 0 Å². The molecule has 0 saturated carbocycles. The molecule has 0 aliphatic heterocycles. The highest BCUT2D eigenvalue weighted by Gasteiger charge is 2.26. The van der Waals surface area contributed by atoms with Crippen LogP contribution in [0, 0.1) is 0 Å². The standard InChI is InChI=1S/C13H19ClN2O/c1-4-13(5-2,6-3)16-12(17)11-9-10(14)7-8-15-11/h7-9H,4-6H2,1-3H3,(H,16,17). The lowest BCUT2D eigenvalue weighted by Gasteiger charge is -2.31. The van der Waals surface area contributed by atoms with Gasteiger partial charge in [-0.25, -0.2) is 0 Å². The van der Waals surface area contributed by atoms with E-state index in [-0.39, 0.29) is 11.4 Å². The fourth-order valence-corrected chi connectivity index (χ4v) is 2.01. The summed E-state index contributed by atoms with van der Waals surface area (Å²) in [7, 11) is 0. The SMILES string of the molecule is CCC(CC)(CC)NC(=O)c1cc(Cl)ccn1. The fraction of sp³-hybridized carbons (Fsp3) is 0.538. The minimum absolute atomic E-state index is 0.138. The smallest absolute Gasteiger partial charge is 0.270 e. The lowest BCUT2D eigenvalue weighted by Crippen LogP contribution is -2.47. The average molecular weight is 255 g/mol. The Kier molecular flexibility index (Phi) is 4.94. The monoisotopic (exact) mass is 254 g/mol. The third-order valence-electron chi connectivity index (χ3n) is 3.36. The number of rotatable bonds is 5. The van der Waals surface area contributed by atoms with Gasteiger partial charge < -0.3 is 5.32 Å². The molecule has 3 nitrogen and oxygen atoms in total. The lowest BCUT2D eigenvalue weighted by molar-refractivity contribution is 0.0883. The third kappa shape index (κ3) is 3.43. The van der Waals surface area contributed by atoms with Gasteiger partial charge in [-0.05, 0) is 31.4 Å². The number of nitrogens with one attached hydrogen (secondary N) is 1. The Hall–Kier alpha value is -1.09. The quantitative estimate of drug-likeness (QED) is 0.875. The molecule has 0 aliphatic carbocycles. The number of nitrogens with zero attached hydrogens (tertiary/aromatic N) is 1. The normalized spacial score (nSPS) is 11.3. The Morgan fingerprint density at radius 2 is 1.94 bits per heavy atom. The van der Waals surface area contributed by atoms with Crippen molar-refractivity contribution < 1.29 is 4.79 Å². The first-order chi connectivity index (χ1) is 8.06. The number of halogens is 1. The Labute approximate surface area is 108 Å². The Balaban J connectivity index is 2.84. The molecule has 0 aromatic carbocycles. The van der Waals surface area contributed by atoms with E-state index in [2.05, 4.69) is 31.1 Å². The van der Waals surface area contributed by atoms with Gasteiger partial charge in [0, 0.05) is 16.8 Å². The van der Waals surface area contributed by atoms with Crippen molar-refractivity contribution in [1.29, 1.82) is 0 Å². The molecule has 1 rings (SSSR count). The average Bonchev–Trinajstić information content (AvgIpc) is 2.36. The minimum Gasteiger partial charge on any atom is -0.345 e. The van der Waals surface area contributed by atoms with Crippen molar-refractivity contribution in [2.24, 2.45) is 0 Å². The topological polar surface area (TPSA) is 42.0 Å². The molecule has 1 N–H and O–H groups in total. The van der Waals surface area contributed by atoms with Crippen molar-refractivity contribution in [3.8, 4) is 0 Å². The Bertz CT molecular complexity index is 380. The van der Waals surface area contributed by atoms with E-state index in [1.165, 1.54) is 0 Å². The van der Waals surface area contributed by atoms with Crippen LogP contribution in [0.25, 0.3) is 0 Å². The summed E-state index contributed by atoms with van der Waals surface area (Å²) < 4.78 is 0. The molecule has 4 heteroatoms. The van der Waals surface area contributed by atoms with E-state index in [0.717, 1.165) is 19.3 Å². The van der Waals surface area contributed by atoms with Crippen molar-refractivity contribution in [3.05, 3.63) is 29.0 Å². The Morgan fingerprint density at radius 1 is 1.35 bits per heavy atom. The maximum atomic E-state index is 12.1. The van der Waals surface area contributed by atoms with Gasteiger partial charge >= 0.3 is 0 Å². The first kappa shape index (κ1) is 14.0. The number of carbonyl (C=O) groups is 1. The second-order valence-corrected chi connectivity index (χ2v) is 4.59. The van der Waals surface area contributed by atoms with Crippen molar-refractivity contribution in [2.75, 3.05) is 0 Å². The molecule has 0 spiro atoms. The van der Waals surface area contributed by atoms with E-state index in [1.807, 2.05) is 0 Å². The first-order valence-electron chi connectivity index (χ1n) is 6.01. The van der Waals surface area contributed by atoms with E-state index in [0.29, 0.717) is 10.7 Å². The van der Waals surface area contributed by atoms with Crippen LogP contribution in [-0.4, -0.2) is 16.4 Å². The van der Waals surface area contributed by atoms with Crippen molar-refractivity contribution in [1.82, 2.24) is 10.3 Å². The van der Waals surface area contributed by atoms with E-state index < -0.39 is 0 Å². The van der Waals surface area contributed by atoms with Crippen molar-refractivity contribution in [2.45, 2.75) is 45.6 Å². The van der Waals surface area contributed by atoms with Crippen LogP contribution in [0.4, 0.5) is 0 Å². The summed E-state index contributed by atoms with van der Waals surface area (Å²) >= 11 is 5.84. The van der Waals surface area contributed by atoms with Crippen molar-refractivity contribution in [3.63, 3.8) is 0 Å². The molecular weight excluding hydrogens is 236 g/mol. The fourth-order valence-electron chi connectivity index (χ4n) is 1.85. The van der Waals surface area contributed by atoms with Gasteiger partial charge in [0.15, 0.2) is 0 Å². The molecule has 0 unspecified atom stereocenters. The van der Waals surface area contributed by atoms with Gasteiger partial charge in [-0.15, -0.1) is 0 Å². The van der Waals surface area contributed by atoms with Gasteiger partial charge in [-0.3, -0.25) is 9.78 Å². The summed E-state index contributed by atoms with van der Waals surface area (Å²) in [6.45, 7) is 6.25.